The molecule has 0 heterocycles. The molecule has 0 aliphatic heterocycles. The Balaban J connectivity index is 2.10. The summed E-state index contributed by atoms with van der Waals surface area (Å²) < 4.78 is 0. The maximum Gasteiger partial charge on any atom is 0.221 e. The van der Waals surface area contributed by atoms with Crippen molar-refractivity contribution in [1.82, 2.24) is 0 Å². The summed E-state index contributed by atoms with van der Waals surface area (Å²) in [7, 11) is 0. The fourth-order valence-corrected chi connectivity index (χ4v) is 3.40. The Morgan fingerprint density at radius 1 is 0.955 bits per heavy atom. The highest BCUT2D eigenvalue weighted by atomic mass is 32.2. The van der Waals surface area contributed by atoms with Crippen LogP contribution in [0.1, 0.15) is 12.5 Å². The molecule has 1 N–H and O–H groups in total. The van der Waals surface area contributed by atoms with Gasteiger partial charge in [0, 0.05) is 16.7 Å². The summed E-state index contributed by atoms with van der Waals surface area (Å²) in [5.74, 6) is -0.0546. The van der Waals surface area contributed by atoms with Crippen molar-refractivity contribution in [3.63, 3.8) is 0 Å². The van der Waals surface area contributed by atoms with E-state index >= 15 is 0 Å². The molecule has 22 heavy (non-hydrogen) atoms. The molecule has 110 valence electrons. The fraction of sp³-hybridized carbons (Fsp3) is 0.105. The van der Waals surface area contributed by atoms with Gasteiger partial charge in [0.25, 0.3) is 0 Å². The van der Waals surface area contributed by atoms with Crippen molar-refractivity contribution in [2.75, 3.05) is 5.32 Å². The molecular formula is C19H17NOS. The molecule has 0 aliphatic carbocycles. The van der Waals surface area contributed by atoms with Crippen LogP contribution in [0.2, 0.25) is 0 Å². The largest absolute Gasteiger partial charge is 0.325 e. The lowest BCUT2D eigenvalue weighted by atomic mass is 10.1. The molecule has 0 fully saturated rings. The number of rotatable bonds is 3. The Labute approximate surface area is 134 Å². The van der Waals surface area contributed by atoms with Crippen LogP contribution in [0.4, 0.5) is 5.69 Å². The zero-order valence-electron chi connectivity index (χ0n) is 12.6. The van der Waals surface area contributed by atoms with Gasteiger partial charge >= 0.3 is 0 Å². The summed E-state index contributed by atoms with van der Waals surface area (Å²) in [4.78, 5) is 13.7. The monoisotopic (exact) mass is 307 g/mol. The van der Waals surface area contributed by atoms with E-state index in [1.165, 1.54) is 17.9 Å². The number of benzene rings is 3. The molecule has 0 saturated heterocycles. The van der Waals surface area contributed by atoms with Crippen LogP contribution in [0.5, 0.6) is 0 Å². The highest BCUT2D eigenvalue weighted by Gasteiger charge is 2.10. The van der Waals surface area contributed by atoms with E-state index < -0.39 is 0 Å². The minimum Gasteiger partial charge on any atom is -0.325 e. The zero-order valence-corrected chi connectivity index (χ0v) is 13.4. The number of carbonyl (C=O) groups excluding carboxylic acids is 1. The molecule has 0 unspecified atom stereocenters. The van der Waals surface area contributed by atoms with E-state index in [0.29, 0.717) is 0 Å². The molecule has 0 radical (unpaired) electrons. The Hall–Kier alpha value is -2.26. The minimum absolute atomic E-state index is 0.0546. The van der Waals surface area contributed by atoms with Gasteiger partial charge in [-0.1, -0.05) is 59.8 Å². The zero-order chi connectivity index (χ0) is 15.5. The quantitative estimate of drug-likeness (QED) is 0.715. The predicted octanol–water partition coefficient (Wildman–Crippen LogP) is 5.26. The number of amides is 1. The summed E-state index contributed by atoms with van der Waals surface area (Å²) >= 11 is 1.68. The van der Waals surface area contributed by atoms with Gasteiger partial charge in [-0.3, -0.25) is 4.79 Å². The predicted molar refractivity (Wildman–Crippen MR) is 93.6 cm³/mol. The van der Waals surface area contributed by atoms with Crippen LogP contribution in [0.15, 0.2) is 70.5 Å². The van der Waals surface area contributed by atoms with Crippen LogP contribution in [-0.4, -0.2) is 5.91 Å². The van der Waals surface area contributed by atoms with Crippen LogP contribution >= 0.6 is 11.8 Å². The number of fused-ring (bicyclic) bond motifs is 1. The van der Waals surface area contributed by atoms with Crippen LogP contribution in [0.25, 0.3) is 10.8 Å². The van der Waals surface area contributed by atoms with Crippen molar-refractivity contribution in [1.29, 1.82) is 0 Å². The number of hydrogen-bond donors (Lipinski definition) is 1. The molecule has 0 aliphatic rings. The molecule has 3 aromatic carbocycles. The van der Waals surface area contributed by atoms with Crippen molar-refractivity contribution in [3.8, 4) is 0 Å². The number of nitrogens with one attached hydrogen (secondary N) is 1. The van der Waals surface area contributed by atoms with Gasteiger partial charge in [0.05, 0.1) is 5.69 Å². The van der Waals surface area contributed by atoms with Gasteiger partial charge in [0.1, 0.15) is 0 Å². The lowest BCUT2D eigenvalue weighted by molar-refractivity contribution is -0.114. The Kier molecular flexibility index (Phi) is 4.16. The third kappa shape index (κ3) is 3.15. The van der Waals surface area contributed by atoms with E-state index in [1.807, 2.05) is 24.3 Å². The third-order valence-corrected chi connectivity index (χ3v) is 4.58. The lowest BCUT2D eigenvalue weighted by Crippen LogP contribution is -2.06. The van der Waals surface area contributed by atoms with Crippen molar-refractivity contribution >= 4 is 34.1 Å². The van der Waals surface area contributed by atoms with Gasteiger partial charge in [-0.2, -0.15) is 0 Å². The molecule has 1 amide bonds. The second-order valence-electron chi connectivity index (χ2n) is 5.26. The Bertz CT molecular complexity index is 824. The molecule has 3 heteroatoms. The molecule has 0 aromatic heterocycles. The highest BCUT2D eigenvalue weighted by Crippen LogP contribution is 2.39. The Morgan fingerprint density at radius 3 is 2.41 bits per heavy atom. The number of carbonyl (C=O) groups is 1. The van der Waals surface area contributed by atoms with E-state index in [9.17, 15) is 4.79 Å². The molecule has 3 rings (SSSR count). The molecule has 0 spiro atoms. The average Bonchev–Trinajstić information content (AvgIpc) is 2.51. The molecule has 0 saturated carbocycles. The number of hydrogen-bond acceptors (Lipinski definition) is 2. The molecule has 0 bridgehead atoms. The molecule has 0 atom stereocenters. The first-order chi connectivity index (χ1) is 10.6. The normalized spacial score (nSPS) is 10.6. The van der Waals surface area contributed by atoms with E-state index in [4.69, 9.17) is 0 Å². The van der Waals surface area contributed by atoms with Gasteiger partial charge in [-0.05, 0) is 35.9 Å². The van der Waals surface area contributed by atoms with Gasteiger partial charge in [-0.15, -0.1) is 0 Å². The maximum atomic E-state index is 11.5. The fourth-order valence-electron chi connectivity index (χ4n) is 2.37. The topological polar surface area (TPSA) is 29.1 Å². The van der Waals surface area contributed by atoms with Crippen molar-refractivity contribution in [2.45, 2.75) is 23.6 Å². The van der Waals surface area contributed by atoms with Gasteiger partial charge in [0.15, 0.2) is 0 Å². The average molecular weight is 307 g/mol. The van der Waals surface area contributed by atoms with Gasteiger partial charge in [-0.25, -0.2) is 0 Å². The van der Waals surface area contributed by atoms with Crippen LogP contribution in [0.3, 0.4) is 0 Å². The maximum absolute atomic E-state index is 11.5. The second kappa shape index (κ2) is 6.24. The summed E-state index contributed by atoms with van der Waals surface area (Å²) in [6.07, 6.45) is 0. The smallest absolute Gasteiger partial charge is 0.221 e. The van der Waals surface area contributed by atoms with Crippen LogP contribution in [0, 0.1) is 6.92 Å². The number of anilines is 1. The van der Waals surface area contributed by atoms with E-state index in [-0.39, 0.29) is 5.91 Å². The van der Waals surface area contributed by atoms with E-state index in [2.05, 4.69) is 48.6 Å². The van der Waals surface area contributed by atoms with Crippen molar-refractivity contribution < 1.29 is 4.79 Å². The van der Waals surface area contributed by atoms with Crippen LogP contribution in [-0.2, 0) is 4.79 Å². The molecule has 3 aromatic rings. The SMILES string of the molecule is CC(=O)Nc1ccc2ccccc2c1Sc1ccc(C)cc1. The standard InChI is InChI=1S/C19H17NOS/c1-13-7-10-16(11-8-13)22-19-17-6-4-3-5-15(17)9-12-18(19)20-14(2)21/h3-12H,1-2H3,(H,20,21). The van der Waals surface area contributed by atoms with Crippen molar-refractivity contribution in [3.05, 3.63) is 66.2 Å². The first-order valence-corrected chi connectivity index (χ1v) is 7.99. The van der Waals surface area contributed by atoms with E-state index in [1.54, 1.807) is 11.8 Å². The molecule has 2 nitrogen and oxygen atoms in total. The van der Waals surface area contributed by atoms with Gasteiger partial charge < -0.3 is 5.32 Å². The van der Waals surface area contributed by atoms with Crippen LogP contribution < -0.4 is 5.32 Å². The number of aryl methyl sites for hydroxylation is 1. The third-order valence-electron chi connectivity index (χ3n) is 3.43. The second-order valence-corrected chi connectivity index (χ2v) is 6.34. The van der Waals surface area contributed by atoms with Crippen molar-refractivity contribution in [2.24, 2.45) is 0 Å². The summed E-state index contributed by atoms with van der Waals surface area (Å²) in [6.45, 7) is 3.62. The first kappa shape index (κ1) is 14.7. The Morgan fingerprint density at radius 2 is 1.68 bits per heavy atom. The highest BCUT2D eigenvalue weighted by molar-refractivity contribution is 7.99. The first-order valence-electron chi connectivity index (χ1n) is 7.17. The van der Waals surface area contributed by atoms with E-state index in [0.717, 1.165) is 20.9 Å². The summed E-state index contributed by atoms with van der Waals surface area (Å²) in [6, 6.07) is 20.7. The summed E-state index contributed by atoms with van der Waals surface area (Å²) in [5.41, 5.74) is 2.10. The lowest BCUT2D eigenvalue weighted by Gasteiger charge is -2.13. The van der Waals surface area contributed by atoms with Gasteiger partial charge in [0.2, 0.25) is 5.91 Å². The molecular weight excluding hydrogens is 290 g/mol. The summed E-state index contributed by atoms with van der Waals surface area (Å²) in [5, 5.41) is 5.26. The minimum atomic E-state index is -0.0546.